The number of nitro groups is 1. The number of nitrogens with zero attached hydrogens (tertiary/aromatic N) is 3. The number of nitrogens with one attached hydrogen (secondary N) is 2. The van der Waals surface area contributed by atoms with Crippen molar-refractivity contribution in [1.82, 2.24) is 9.97 Å². The number of rotatable bonds is 6. The Bertz CT molecular complexity index is 1400. The van der Waals surface area contributed by atoms with Crippen LogP contribution in [0.15, 0.2) is 77.7 Å². The Morgan fingerprint density at radius 1 is 0.871 bits per heavy atom. The van der Waals surface area contributed by atoms with Crippen LogP contribution in [-0.2, 0) is 10.0 Å². The van der Waals surface area contributed by atoms with Crippen LogP contribution in [0.4, 0.5) is 23.0 Å². The van der Waals surface area contributed by atoms with Crippen molar-refractivity contribution >= 4 is 55.7 Å². The molecule has 0 spiro atoms. The molecular formula is C20H14ClN5O4S. The maximum Gasteiger partial charge on any atom is 0.289 e. The lowest BCUT2D eigenvalue weighted by molar-refractivity contribution is -0.384. The largest absolute Gasteiger partial charge is 0.337 e. The van der Waals surface area contributed by atoms with Gasteiger partial charge in [-0.2, -0.15) is 0 Å². The van der Waals surface area contributed by atoms with Gasteiger partial charge in [0.15, 0.2) is 11.6 Å². The van der Waals surface area contributed by atoms with Crippen LogP contribution in [0.3, 0.4) is 0 Å². The van der Waals surface area contributed by atoms with Crippen molar-refractivity contribution in [1.29, 1.82) is 0 Å². The molecule has 2 N–H and O–H groups in total. The number of hydrogen-bond donors (Lipinski definition) is 2. The van der Waals surface area contributed by atoms with Gasteiger partial charge in [0.05, 0.1) is 20.9 Å². The second kappa shape index (κ2) is 8.17. The minimum atomic E-state index is -3.95. The van der Waals surface area contributed by atoms with Gasteiger partial charge in [-0.05, 0) is 36.4 Å². The third kappa shape index (κ3) is 4.39. The summed E-state index contributed by atoms with van der Waals surface area (Å²) >= 11 is 5.87. The zero-order valence-electron chi connectivity index (χ0n) is 15.7. The van der Waals surface area contributed by atoms with Gasteiger partial charge in [0, 0.05) is 11.8 Å². The fraction of sp³-hybridized carbons (Fsp3) is 0. The van der Waals surface area contributed by atoms with E-state index in [-0.39, 0.29) is 27.2 Å². The summed E-state index contributed by atoms with van der Waals surface area (Å²) in [5, 5.41) is 14.1. The Hall–Kier alpha value is -3.76. The lowest BCUT2D eigenvalue weighted by atomic mass is 10.2. The van der Waals surface area contributed by atoms with E-state index in [1.165, 1.54) is 30.3 Å². The van der Waals surface area contributed by atoms with E-state index in [1.807, 2.05) is 0 Å². The van der Waals surface area contributed by atoms with E-state index in [9.17, 15) is 18.5 Å². The number of sulfonamides is 1. The molecule has 156 valence electrons. The van der Waals surface area contributed by atoms with E-state index in [0.29, 0.717) is 16.7 Å². The van der Waals surface area contributed by atoms with Crippen molar-refractivity contribution in [2.45, 2.75) is 4.90 Å². The molecule has 0 bridgehead atoms. The van der Waals surface area contributed by atoms with E-state index in [1.54, 1.807) is 42.5 Å². The monoisotopic (exact) mass is 455 g/mol. The van der Waals surface area contributed by atoms with Gasteiger partial charge in [0.1, 0.15) is 5.02 Å². The zero-order valence-corrected chi connectivity index (χ0v) is 17.3. The number of benzene rings is 3. The number of halogens is 1. The van der Waals surface area contributed by atoms with Crippen LogP contribution < -0.4 is 10.0 Å². The molecule has 0 fully saturated rings. The number of anilines is 3. The summed E-state index contributed by atoms with van der Waals surface area (Å²) in [6, 6.07) is 18.9. The van der Waals surface area contributed by atoms with Gasteiger partial charge < -0.3 is 5.32 Å². The van der Waals surface area contributed by atoms with Gasteiger partial charge in [-0.15, -0.1) is 0 Å². The summed E-state index contributed by atoms with van der Waals surface area (Å²) in [5.74, 6) is 0.0231. The highest BCUT2D eigenvalue weighted by atomic mass is 35.5. The van der Waals surface area contributed by atoms with Crippen molar-refractivity contribution in [2.24, 2.45) is 0 Å². The van der Waals surface area contributed by atoms with E-state index in [0.717, 1.165) is 0 Å². The molecule has 0 unspecified atom stereocenters. The normalized spacial score (nSPS) is 11.3. The molecule has 0 amide bonds. The number of aromatic nitrogens is 2. The second-order valence-electron chi connectivity index (χ2n) is 6.38. The molecule has 0 aliphatic rings. The highest BCUT2D eigenvalue weighted by Gasteiger charge is 2.20. The van der Waals surface area contributed by atoms with Gasteiger partial charge in [-0.25, -0.2) is 18.4 Å². The first-order chi connectivity index (χ1) is 14.8. The Morgan fingerprint density at radius 2 is 1.48 bits per heavy atom. The average Bonchev–Trinajstić information content (AvgIpc) is 2.75. The standard InChI is InChI=1S/C20H14ClN5O4S/c21-15-11-10-13(12-18(15)26(27)28)22-19-20(24-17-9-5-4-8-16(17)23-19)25-31(29,30)14-6-2-1-3-7-14/h1-12H,(H,22,23)(H,24,25). The highest BCUT2D eigenvalue weighted by molar-refractivity contribution is 7.92. The average molecular weight is 456 g/mol. The van der Waals surface area contributed by atoms with Crippen LogP contribution in [0.25, 0.3) is 11.0 Å². The molecule has 1 aromatic heterocycles. The molecule has 9 nitrogen and oxygen atoms in total. The van der Waals surface area contributed by atoms with Crippen LogP contribution in [-0.4, -0.2) is 23.3 Å². The summed E-state index contributed by atoms with van der Waals surface area (Å²) in [5.41, 5.74) is 0.977. The van der Waals surface area contributed by atoms with E-state index < -0.39 is 14.9 Å². The quantitative estimate of drug-likeness (QED) is 0.317. The summed E-state index contributed by atoms with van der Waals surface area (Å²) in [6.07, 6.45) is 0. The summed E-state index contributed by atoms with van der Waals surface area (Å²) in [7, 11) is -3.95. The van der Waals surface area contributed by atoms with Gasteiger partial charge in [-0.3, -0.25) is 14.8 Å². The molecule has 0 saturated heterocycles. The number of fused-ring (bicyclic) bond motifs is 1. The molecule has 0 aliphatic carbocycles. The smallest absolute Gasteiger partial charge is 0.289 e. The molecule has 0 radical (unpaired) electrons. The molecule has 0 atom stereocenters. The van der Waals surface area contributed by atoms with Gasteiger partial charge in [0.25, 0.3) is 15.7 Å². The summed E-state index contributed by atoms with van der Waals surface area (Å²) in [6.45, 7) is 0. The molecule has 0 saturated carbocycles. The predicted octanol–water partition coefficient (Wildman–Crippen LogP) is 4.74. The van der Waals surface area contributed by atoms with Crippen LogP contribution in [0.1, 0.15) is 0 Å². The van der Waals surface area contributed by atoms with Gasteiger partial charge in [0.2, 0.25) is 0 Å². The lowest BCUT2D eigenvalue weighted by Gasteiger charge is -2.14. The topological polar surface area (TPSA) is 127 Å². The zero-order chi connectivity index (χ0) is 22.0. The summed E-state index contributed by atoms with van der Waals surface area (Å²) < 4.78 is 28.1. The fourth-order valence-electron chi connectivity index (χ4n) is 2.81. The first-order valence-corrected chi connectivity index (χ1v) is 10.8. The minimum Gasteiger partial charge on any atom is -0.337 e. The van der Waals surface area contributed by atoms with Crippen LogP contribution in [0.2, 0.25) is 5.02 Å². The minimum absolute atomic E-state index is 0.0230. The maximum atomic E-state index is 12.8. The van der Waals surface area contributed by atoms with Crippen molar-refractivity contribution < 1.29 is 13.3 Å². The first kappa shape index (κ1) is 20.5. The van der Waals surface area contributed by atoms with E-state index in [4.69, 9.17) is 11.6 Å². The van der Waals surface area contributed by atoms with Crippen LogP contribution in [0, 0.1) is 10.1 Å². The van der Waals surface area contributed by atoms with E-state index in [2.05, 4.69) is 20.0 Å². The summed E-state index contributed by atoms with van der Waals surface area (Å²) in [4.78, 5) is 19.5. The van der Waals surface area contributed by atoms with Crippen molar-refractivity contribution in [3.8, 4) is 0 Å². The third-order valence-corrected chi connectivity index (χ3v) is 5.94. The first-order valence-electron chi connectivity index (χ1n) is 8.89. The number of para-hydroxylation sites is 2. The Labute approximate surface area is 181 Å². The van der Waals surface area contributed by atoms with Gasteiger partial charge in [-0.1, -0.05) is 41.9 Å². The van der Waals surface area contributed by atoms with E-state index >= 15 is 0 Å². The van der Waals surface area contributed by atoms with Crippen molar-refractivity contribution in [2.75, 3.05) is 10.0 Å². The van der Waals surface area contributed by atoms with Crippen LogP contribution in [0.5, 0.6) is 0 Å². The number of hydrogen-bond acceptors (Lipinski definition) is 7. The van der Waals surface area contributed by atoms with Crippen molar-refractivity contribution in [3.05, 3.63) is 87.9 Å². The molecule has 11 heteroatoms. The highest BCUT2D eigenvalue weighted by Crippen LogP contribution is 2.31. The predicted molar refractivity (Wildman–Crippen MR) is 118 cm³/mol. The molecule has 4 rings (SSSR count). The molecule has 31 heavy (non-hydrogen) atoms. The van der Waals surface area contributed by atoms with Crippen LogP contribution >= 0.6 is 11.6 Å². The maximum absolute atomic E-state index is 12.8. The fourth-order valence-corrected chi connectivity index (χ4v) is 4.03. The van der Waals surface area contributed by atoms with Crippen molar-refractivity contribution in [3.63, 3.8) is 0 Å². The molecule has 4 aromatic rings. The molecule has 3 aromatic carbocycles. The Kier molecular flexibility index (Phi) is 5.40. The number of nitro benzene ring substituents is 1. The lowest BCUT2D eigenvalue weighted by Crippen LogP contribution is -2.16. The molecule has 0 aliphatic heterocycles. The molecule has 1 heterocycles. The van der Waals surface area contributed by atoms with Gasteiger partial charge >= 0.3 is 0 Å². The SMILES string of the molecule is O=[N+]([O-])c1cc(Nc2nc3ccccc3nc2NS(=O)(=O)c2ccccc2)ccc1Cl. The Balaban J connectivity index is 1.79. The molecular weight excluding hydrogens is 442 g/mol. The third-order valence-electron chi connectivity index (χ3n) is 4.26. The Morgan fingerprint density at radius 3 is 2.13 bits per heavy atom. The second-order valence-corrected chi connectivity index (χ2v) is 8.47.